The molecule has 1 saturated heterocycles. The Bertz CT molecular complexity index is 1450. The number of fused-ring (bicyclic) bond motifs is 2. The number of methoxy groups -OCH3 is 1. The monoisotopic (exact) mass is 695 g/mol. The maximum absolute atomic E-state index is 13.8. The molecule has 2 aromatic carbocycles. The molecule has 4 aliphatic rings. The van der Waals surface area contributed by atoms with Crippen LogP contribution < -0.4 is 5.32 Å². The fourth-order valence-electron chi connectivity index (χ4n) is 7.74. The highest BCUT2D eigenvalue weighted by atomic mass is 16.5. The molecule has 6 unspecified atom stereocenters. The largest absolute Gasteiger partial charge is 0.480 e. The second kappa shape index (κ2) is 16.3. The van der Waals surface area contributed by atoms with Gasteiger partial charge in [0.05, 0.1) is 11.2 Å². The van der Waals surface area contributed by atoms with Crippen LogP contribution in [0.25, 0.3) is 0 Å². The molecule has 4 N–H and O–H groups in total. The molecule has 0 aromatic heterocycles. The number of nitrogens with zero attached hydrogens (tertiary/aromatic N) is 2. The van der Waals surface area contributed by atoms with E-state index in [1.165, 1.54) is 12.0 Å². The zero-order chi connectivity index (χ0) is 36.7. The highest BCUT2D eigenvalue weighted by Crippen LogP contribution is 2.65. The van der Waals surface area contributed by atoms with E-state index in [4.69, 9.17) is 9.47 Å². The number of carboxylic acid groups (broad SMARTS) is 1. The van der Waals surface area contributed by atoms with E-state index in [2.05, 4.69) is 19.2 Å². The molecule has 50 heavy (non-hydrogen) atoms. The summed E-state index contributed by atoms with van der Waals surface area (Å²) in [5, 5.41) is 32.3. The molecule has 12 nitrogen and oxygen atoms in total. The van der Waals surface area contributed by atoms with Gasteiger partial charge in [0, 0.05) is 20.1 Å². The molecule has 274 valence electrons. The highest BCUT2D eigenvalue weighted by Gasteiger charge is 2.69. The lowest BCUT2D eigenvalue weighted by Crippen LogP contribution is -2.74. The van der Waals surface area contributed by atoms with Crippen LogP contribution in [0.4, 0.5) is 4.79 Å². The summed E-state index contributed by atoms with van der Waals surface area (Å²) < 4.78 is 10.7. The van der Waals surface area contributed by atoms with Crippen molar-refractivity contribution < 1.29 is 44.0 Å². The third-order valence-electron chi connectivity index (χ3n) is 11.0. The topological polar surface area (TPSA) is 166 Å². The van der Waals surface area contributed by atoms with E-state index in [1.807, 2.05) is 60.7 Å². The predicted molar refractivity (Wildman–Crippen MR) is 186 cm³/mol. The van der Waals surface area contributed by atoms with Crippen LogP contribution in [0.3, 0.4) is 0 Å². The molecule has 3 amide bonds. The molecule has 6 atom stereocenters. The third kappa shape index (κ3) is 8.47. The minimum absolute atomic E-state index is 0.0450. The lowest BCUT2D eigenvalue weighted by atomic mass is 9.41. The number of carbonyl (C=O) groups is 4. The SMILES string of the molecule is CC1(O)CCC2CC1(O)C2(C)C.CCC(OC)N(CC(=O)O)C(=O)C1CCCN1C(=O)C(Cc1ccccc1)NC(=O)OCc1ccccc1. The minimum Gasteiger partial charge on any atom is -0.480 e. The minimum atomic E-state index is -1.17. The third-order valence-corrected chi connectivity index (χ3v) is 11.0. The first kappa shape index (κ1) is 38.8. The van der Waals surface area contributed by atoms with Crippen LogP contribution in [0.1, 0.15) is 77.3 Å². The summed E-state index contributed by atoms with van der Waals surface area (Å²) in [6.45, 7) is 7.50. The number of hydrogen-bond donors (Lipinski definition) is 4. The van der Waals surface area contributed by atoms with E-state index in [0.29, 0.717) is 31.7 Å². The number of rotatable bonds is 12. The van der Waals surface area contributed by atoms with Gasteiger partial charge < -0.3 is 39.9 Å². The van der Waals surface area contributed by atoms with E-state index in [0.717, 1.165) is 35.3 Å². The number of benzene rings is 2. The molecule has 2 aromatic rings. The highest BCUT2D eigenvalue weighted by molar-refractivity contribution is 5.93. The lowest BCUT2D eigenvalue weighted by Gasteiger charge is -2.68. The normalized spacial score (nSPS) is 25.9. The van der Waals surface area contributed by atoms with Gasteiger partial charge in [0.25, 0.3) is 0 Å². The van der Waals surface area contributed by atoms with Gasteiger partial charge in [-0.3, -0.25) is 14.4 Å². The average Bonchev–Trinajstić information content (AvgIpc) is 3.59. The molecule has 3 aliphatic carbocycles. The van der Waals surface area contributed by atoms with Gasteiger partial charge in [-0.25, -0.2) is 4.79 Å². The van der Waals surface area contributed by atoms with Gasteiger partial charge in [-0.2, -0.15) is 0 Å². The number of aliphatic hydroxyl groups is 2. The van der Waals surface area contributed by atoms with Crippen molar-refractivity contribution in [1.82, 2.24) is 15.1 Å². The van der Waals surface area contributed by atoms with Crippen molar-refractivity contribution in [3.05, 3.63) is 71.8 Å². The molecule has 6 rings (SSSR count). The molecule has 0 radical (unpaired) electrons. The number of carboxylic acids is 1. The van der Waals surface area contributed by atoms with Crippen molar-refractivity contribution in [3.8, 4) is 0 Å². The first-order valence-electron chi connectivity index (χ1n) is 17.5. The smallest absolute Gasteiger partial charge is 0.408 e. The Morgan fingerprint density at radius 3 is 2.12 bits per heavy atom. The molecule has 1 heterocycles. The molecule has 1 aliphatic heterocycles. The zero-order valence-corrected chi connectivity index (χ0v) is 29.8. The summed E-state index contributed by atoms with van der Waals surface area (Å²) in [6.07, 6.45) is 2.66. The number of nitrogens with one attached hydrogen (secondary N) is 1. The summed E-state index contributed by atoms with van der Waals surface area (Å²) >= 11 is 0. The summed E-state index contributed by atoms with van der Waals surface area (Å²) in [7, 11) is 1.41. The Morgan fingerprint density at radius 1 is 0.980 bits per heavy atom. The summed E-state index contributed by atoms with van der Waals surface area (Å²) in [5.74, 6) is -1.48. The Balaban J connectivity index is 0.000000390. The van der Waals surface area contributed by atoms with Gasteiger partial charge in [-0.15, -0.1) is 0 Å². The number of likely N-dealkylation sites (tertiary alicyclic amines) is 1. The van der Waals surface area contributed by atoms with Crippen molar-refractivity contribution in [1.29, 1.82) is 0 Å². The van der Waals surface area contributed by atoms with Crippen molar-refractivity contribution in [2.75, 3.05) is 20.2 Å². The van der Waals surface area contributed by atoms with Crippen molar-refractivity contribution >= 4 is 23.9 Å². The van der Waals surface area contributed by atoms with Crippen LogP contribution in [0.15, 0.2) is 60.7 Å². The van der Waals surface area contributed by atoms with Gasteiger partial charge in [-0.1, -0.05) is 81.4 Å². The van der Waals surface area contributed by atoms with Crippen LogP contribution in [-0.2, 0) is 36.9 Å². The Labute approximate surface area is 294 Å². The number of ether oxygens (including phenoxy) is 2. The second-order valence-electron chi connectivity index (χ2n) is 14.4. The zero-order valence-electron chi connectivity index (χ0n) is 29.8. The van der Waals surface area contributed by atoms with Crippen LogP contribution in [-0.4, -0.2) is 98.7 Å². The predicted octanol–water partition coefficient (Wildman–Crippen LogP) is 4.12. The van der Waals surface area contributed by atoms with Gasteiger partial charge in [0.2, 0.25) is 11.8 Å². The standard InChI is InChI=1S/C28H35N3O7.C10H18O2/c1-3-24(37-2)31(18-25(32)33)27(35)23-15-10-16-30(23)26(34)22(17-20-11-6-4-7-12-20)29-28(36)38-19-21-13-8-5-9-14-21;1-8(2)7-4-5-9(3,11)10(8,12)6-7/h4-9,11-14,22-24H,3,10,15-19H2,1-2H3,(H,29,36)(H,32,33);7,11-12H,4-6H2,1-3H3. The van der Waals surface area contributed by atoms with Crippen molar-refractivity contribution in [2.24, 2.45) is 11.3 Å². The first-order chi connectivity index (χ1) is 23.6. The fourth-order valence-corrected chi connectivity index (χ4v) is 7.74. The van der Waals surface area contributed by atoms with Gasteiger partial charge >= 0.3 is 12.1 Å². The Kier molecular flexibility index (Phi) is 12.7. The van der Waals surface area contributed by atoms with Crippen LogP contribution in [0.2, 0.25) is 0 Å². The van der Waals surface area contributed by atoms with Crippen LogP contribution >= 0.6 is 0 Å². The summed E-state index contributed by atoms with van der Waals surface area (Å²) in [4.78, 5) is 54.0. The number of aliphatic carboxylic acids is 1. The molecule has 0 spiro atoms. The van der Waals surface area contributed by atoms with Crippen LogP contribution in [0, 0.1) is 11.3 Å². The molecular formula is C38H53N3O9. The molecule has 2 bridgehead atoms. The van der Waals surface area contributed by atoms with Gasteiger partial charge in [0.1, 0.15) is 31.5 Å². The molecule has 12 heteroatoms. The van der Waals surface area contributed by atoms with Gasteiger partial charge in [0.15, 0.2) is 0 Å². The maximum Gasteiger partial charge on any atom is 0.408 e. The Morgan fingerprint density at radius 2 is 1.60 bits per heavy atom. The number of amides is 3. The van der Waals surface area contributed by atoms with Crippen molar-refractivity contribution in [3.63, 3.8) is 0 Å². The Hall–Kier alpha value is -4.00. The van der Waals surface area contributed by atoms with E-state index < -0.39 is 59.9 Å². The van der Waals surface area contributed by atoms with E-state index >= 15 is 0 Å². The average molecular weight is 696 g/mol. The molecule has 4 fully saturated rings. The van der Waals surface area contributed by atoms with E-state index in [9.17, 15) is 34.5 Å². The lowest BCUT2D eigenvalue weighted by molar-refractivity contribution is -0.312. The summed E-state index contributed by atoms with van der Waals surface area (Å²) in [5.41, 5.74) is -0.154. The molecular weight excluding hydrogens is 642 g/mol. The van der Waals surface area contributed by atoms with Crippen molar-refractivity contribution in [2.45, 2.75) is 109 Å². The van der Waals surface area contributed by atoms with E-state index in [-0.39, 0.29) is 18.4 Å². The van der Waals surface area contributed by atoms with Crippen LogP contribution in [0.5, 0.6) is 0 Å². The van der Waals surface area contributed by atoms with Gasteiger partial charge in [-0.05, 0) is 67.9 Å². The maximum atomic E-state index is 13.8. The fraction of sp³-hybridized carbons (Fsp3) is 0.579. The number of alkyl carbamates (subject to hydrolysis) is 1. The number of carbonyl (C=O) groups excluding carboxylic acids is 3. The van der Waals surface area contributed by atoms with E-state index in [1.54, 1.807) is 13.8 Å². The summed E-state index contributed by atoms with van der Waals surface area (Å²) in [6, 6.07) is 16.6. The number of hydrogen-bond acceptors (Lipinski definition) is 8. The first-order valence-corrected chi connectivity index (χ1v) is 17.5. The quantitative estimate of drug-likeness (QED) is 0.239. The molecule has 3 saturated carbocycles. The second-order valence-corrected chi connectivity index (χ2v) is 14.4.